The monoisotopic (exact) mass is 401 g/mol. The lowest BCUT2D eigenvalue weighted by Crippen LogP contribution is -3.08. The van der Waals surface area contributed by atoms with E-state index in [-0.39, 0.29) is 17.1 Å². The SMILES string of the molecule is COC(=O)[C@@H]1CN(C(=O)C[NH+](C)Cc2ccc(Br)cc2)CCS1. The van der Waals surface area contributed by atoms with Crippen LogP contribution in [0, 0.1) is 0 Å². The van der Waals surface area contributed by atoms with Gasteiger partial charge in [-0.05, 0) is 12.1 Å². The number of ether oxygens (including phenoxy) is 1. The smallest absolute Gasteiger partial charge is 0.320 e. The summed E-state index contributed by atoms with van der Waals surface area (Å²) in [6.45, 7) is 2.36. The molecule has 126 valence electrons. The van der Waals surface area contributed by atoms with Gasteiger partial charge in [0.2, 0.25) is 0 Å². The van der Waals surface area contributed by atoms with Gasteiger partial charge in [0, 0.05) is 28.9 Å². The van der Waals surface area contributed by atoms with Gasteiger partial charge < -0.3 is 14.5 Å². The van der Waals surface area contributed by atoms with E-state index in [1.807, 2.05) is 19.2 Å². The molecule has 0 bridgehead atoms. The van der Waals surface area contributed by atoms with Crippen LogP contribution in [0.25, 0.3) is 0 Å². The Kier molecular flexibility index (Phi) is 6.92. The maximum Gasteiger partial charge on any atom is 0.320 e. The lowest BCUT2D eigenvalue weighted by Gasteiger charge is -2.31. The zero-order valence-corrected chi connectivity index (χ0v) is 15.8. The number of thioether (sulfide) groups is 1. The Morgan fingerprint density at radius 1 is 1.39 bits per heavy atom. The minimum Gasteiger partial charge on any atom is -0.468 e. The molecule has 1 aromatic carbocycles. The van der Waals surface area contributed by atoms with E-state index in [0.29, 0.717) is 19.6 Å². The van der Waals surface area contributed by atoms with Crippen LogP contribution in [0.3, 0.4) is 0 Å². The Hall–Kier alpha value is -1.05. The summed E-state index contributed by atoms with van der Waals surface area (Å²) in [5, 5.41) is -0.260. The van der Waals surface area contributed by atoms with E-state index in [2.05, 4.69) is 28.1 Å². The number of hydrogen-bond donors (Lipinski definition) is 1. The fourth-order valence-electron chi connectivity index (χ4n) is 2.53. The molecule has 1 aliphatic rings. The molecule has 7 heteroatoms. The van der Waals surface area contributed by atoms with Crippen LogP contribution in [-0.2, 0) is 20.9 Å². The van der Waals surface area contributed by atoms with Gasteiger partial charge in [0.25, 0.3) is 5.91 Å². The van der Waals surface area contributed by atoms with Crippen molar-refractivity contribution in [3.05, 3.63) is 34.3 Å². The second-order valence-electron chi connectivity index (χ2n) is 5.66. The summed E-state index contributed by atoms with van der Waals surface area (Å²) >= 11 is 4.98. The summed E-state index contributed by atoms with van der Waals surface area (Å²) in [6.07, 6.45) is 0. The zero-order chi connectivity index (χ0) is 16.8. The van der Waals surface area contributed by atoms with Gasteiger partial charge >= 0.3 is 5.97 Å². The van der Waals surface area contributed by atoms with Gasteiger partial charge in [0.15, 0.2) is 6.54 Å². The molecule has 23 heavy (non-hydrogen) atoms. The number of carbonyl (C=O) groups excluding carboxylic acids is 2. The van der Waals surface area contributed by atoms with Gasteiger partial charge in [-0.3, -0.25) is 9.59 Å². The van der Waals surface area contributed by atoms with Crippen LogP contribution in [-0.4, -0.2) is 61.6 Å². The Morgan fingerprint density at radius 2 is 2.09 bits per heavy atom. The van der Waals surface area contributed by atoms with Crippen molar-refractivity contribution in [3.63, 3.8) is 0 Å². The van der Waals surface area contributed by atoms with E-state index in [9.17, 15) is 9.59 Å². The van der Waals surface area contributed by atoms with Crippen molar-refractivity contribution in [2.75, 3.05) is 39.5 Å². The summed E-state index contributed by atoms with van der Waals surface area (Å²) in [4.78, 5) is 27.0. The third-order valence-corrected chi connectivity index (χ3v) is 5.45. The largest absolute Gasteiger partial charge is 0.468 e. The molecule has 0 radical (unpaired) electrons. The van der Waals surface area contributed by atoms with E-state index in [1.165, 1.54) is 12.7 Å². The molecule has 1 aromatic rings. The van der Waals surface area contributed by atoms with Gasteiger partial charge in [-0.15, -0.1) is 11.8 Å². The molecule has 1 aliphatic heterocycles. The van der Waals surface area contributed by atoms with Gasteiger partial charge in [0.05, 0.1) is 14.2 Å². The van der Waals surface area contributed by atoms with Gasteiger partial charge in [-0.2, -0.15) is 0 Å². The van der Waals surface area contributed by atoms with Crippen LogP contribution >= 0.6 is 27.7 Å². The van der Waals surface area contributed by atoms with E-state index in [0.717, 1.165) is 21.7 Å². The van der Waals surface area contributed by atoms with Crippen LogP contribution in [0.4, 0.5) is 0 Å². The Labute approximate surface area is 149 Å². The molecule has 0 saturated carbocycles. The van der Waals surface area contributed by atoms with Gasteiger partial charge in [0.1, 0.15) is 11.8 Å². The Balaban J connectivity index is 1.85. The first-order valence-corrected chi connectivity index (χ1v) is 9.36. The highest BCUT2D eigenvalue weighted by Gasteiger charge is 2.30. The third-order valence-electron chi connectivity index (χ3n) is 3.76. The molecule has 2 atom stereocenters. The zero-order valence-electron chi connectivity index (χ0n) is 13.4. The molecule has 1 unspecified atom stereocenters. The van der Waals surface area contributed by atoms with Crippen LogP contribution in [0.2, 0.25) is 0 Å². The Bertz CT molecular complexity index is 553. The topological polar surface area (TPSA) is 51.0 Å². The number of rotatable bonds is 5. The lowest BCUT2D eigenvalue weighted by molar-refractivity contribution is -0.885. The number of halogens is 1. The number of amides is 1. The van der Waals surface area contributed by atoms with E-state index in [4.69, 9.17) is 4.74 Å². The summed E-state index contributed by atoms with van der Waals surface area (Å²) in [7, 11) is 3.40. The quantitative estimate of drug-likeness (QED) is 0.733. The lowest BCUT2D eigenvalue weighted by atomic mass is 10.2. The molecule has 1 fully saturated rings. The van der Waals surface area contributed by atoms with Crippen molar-refractivity contribution in [1.29, 1.82) is 0 Å². The third kappa shape index (κ3) is 5.51. The molecule has 0 aromatic heterocycles. The number of quaternary nitrogens is 1. The molecular formula is C16H22BrN2O3S+. The Morgan fingerprint density at radius 3 is 2.74 bits per heavy atom. The molecule has 1 N–H and O–H groups in total. The van der Waals surface area contributed by atoms with Gasteiger partial charge in [-0.25, -0.2) is 0 Å². The van der Waals surface area contributed by atoms with Crippen molar-refractivity contribution in [3.8, 4) is 0 Å². The summed E-state index contributed by atoms with van der Waals surface area (Å²) < 4.78 is 5.83. The molecular weight excluding hydrogens is 380 g/mol. The van der Waals surface area contributed by atoms with Crippen molar-refractivity contribution in [1.82, 2.24) is 4.90 Å². The summed E-state index contributed by atoms with van der Waals surface area (Å²) in [5.74, 6) is 0.619. The van der Waals surface area contributed by atoms with Crippen LogP contribution < -0.4 is 4.90 Å². The number of esters is 1. The van der Waals surface area contributed by atoms with Crippen molar-refractivity contribution in [2.24, 2.45) is 0 Å². The predicted octanol–water partition coefficient (Wildman–Crippen LogP) is 0.581. The average Bonchev–Trinajstić information content (AvgIpc) is 2.56. The fraction of sp³-hybridized carbons (Fsp3) is 0.500. The average molecular weight is 402 g/mol. The van der Waals surface area contributed by atoms with Crippen molar-refractivity contribution < 1.29 is 19.2 Å². The number of likely N-dealkylation sites (N-methyl/N-ethyl adjacent to an activating group) is 1. The first kappa shape index (κ1) is 18.3. The molecule has 5 nitrogen and oxygen atoms in total. The van der Waals surface area contributed by atoms with Gasteiger partial charge in [-0.1, -0.05) is 28.1 Å². The van der Waals surface area contributed by atoms with Crippen molar-refractivity contribution >= 4 is 39.6 Å². The van der Waals surface area contributed by atoms with Crippen molar-refractivity contribution in [2.45, 2.75) is 11.8 Å². The molecule has 1 heterocycles. The first-order valence-electron chi connectivity index (χ1n) is 7.52. The van der Waals surface area contributed by atoms with Crippen LogP contribution in [0.15, 0.2) is 28.7 Å². The second-order valence-corrected chi connectivity index (χ2v) is 7.89. The molecule has 2 rings (SSSR count). The predicted molar refractivity (Wildman–Crippen MR) is 94.4 cm³/mol. The number of carbonyl (C=O) groups is 2. The number of methoxy groups -OCH3 is 1. The molecule has 1 amide bonds. The molecule has 0 spiro atoms. The van der Waals surface area contributed by atoms with E-state index < -0.39 is 0 Å². The number of benzene rings is 1. The highest BCUT2D eigenvalue weighted by molar-refractivity contribution is 9.10. The number of nitrogens with one attached hydrogen (secondary N) is 1. The first-order chi connectivity index (χ1) is 11.0. The highest BCUT2D eigenvalue weighted by Crippen LogP contribution is 2.19. The minimum absolute atomic E-state index is 0.0915. The molecule has 1 saturated heterocycles. The highest BCUT2D eigenvalue weighted by atomic mass is 79.9. The normalized spacial score (nSPS) is 19.3. The maximum atomic E-state index is 12.4. The number of hydrogen-bond acceptors (Lipinski definition) is 4. The minimum atomic E-state index is -0.260. The summed E-state index contributed by atoms with van der Waals surface area (Å²) in [6, 6.07) is 8.13. The molecule has 0 aliphatic carbocycles. The van der Waals surface area contributed by atoms with Crippen LogP contribution in [0.1, 0.15) is 5.56 Å². The van der Waals surface area contributed by atoms with E-state index >= 15 is 0 Å². The maximum absolute atomic E-state index is 12.4. The fourth-order valence-corrected chi connectivity index (χ4v) is 3.93. The number of nitrogens with zero attached hydrogens (tertiary/aromatic N) is 1. The van der Waals surface area contributed by atoms with E-state index in [1.54, 1.807) is 16.7 Å². The standard InChI is InChI=1S/C16H21BrN2O3S/c1-18(9-12-3-5-13(17)6-4-12)11-15(20)19-7-8-23-14(10-19)16(21)22-2/h3-6,14H,7-11H2,1-2H3/p+1/t14-/m0/s1. The van der Waals surface area contributed by atoms with Crippen LogP contribution in [0.5, 0.6) is 0 Å². The summed E-state index contributed by atoms with van der Waals surface area (Å²) in [5.41, 5.74) is 1.19. The second kappa shape index (κ2) is 8.70.